The fourth-order valence-corrected chi connectivity index (χ4v) is 9.14. The number of carboxylic acids is 2. The minimum atomic E-state index is -1.98. The van der Waals surface area contributed by atoms with Gasteiger partial charge >= 0.3 is 11.9 Å². The van der Waals surface area contributed by atoms with E-state index in [9.17, 15) is 92.7 Å². The van der Waals surface area contributed by atoms with Crippen LogP contribution in [0.3, 0.4) is 0 Å². The molecule has 1 aromatic carbocycles. The van der Waals surface area contributed by atoms with Gasteiger partial charge in [0.15, 0.2) is 0 Å². The minimum absolute atomic E-state index is 0.0340. The summed E-state index contributed by atoms with van der Waals surface area (Å²) in [5.41, 5.74) is 12.7. The molecule has 0 aliphatic rings. The Balaban J connectivity index is 2.24. The summed E-state index contributed by atoms with van der Waals surface area (Å²) in [5.74, 6) is -17.8. The lowest BCUT2D eigenvalue weighted by atomic mass is 9.95. The molecule has 0 bridgehead atoms. The van der Waals surface area contributed by atoms with Crippen LogP contribution in [0.2, 0.25) is 0 Å². The Labute approximate surface area is 532 Å². The van der Waals surface area contributed by atoms with Crippen molar-refractivity contribution >= 4 is 93.7 Å². The fraction of sp³-hybridized carbons (Fsp3) is 0.627. The van der Waals surface area contributed by atoms with Crippen LogP contribution >= 0.6 is 0 Å². The van der Waals surface area contributed by atoms with Crippen LogP contribution in [0.15, 0.2) is 30.5 Å². The van der Waals surface area contributed by atoms with Gasteiger partial charge in [-0.25, -0.2) is 4.79 Å². The highest BCUT2D eigenvalue weighted by atomic mass is 16.4. The fourth-order valence-electron chi connectivity index (χ4n) is 9.14. The molecule has 0 saturated heterocycles. The van der Waals surface area contributed by atoms with E-state index in [1.54, 1.807) is 99.7 Å². The third-order valence-corrected chi connectivity index (χ3v) is 14.6. The largest absolute Gasteiger partial charge is 0.481 e. The number of hydrogen-bond acceptors (Lipinski definition) is 18. The molecular weight excluding hydrogens is 1210 g/mol. The molecule has 0 unspecified atom stereocenters. The van der Waals surface area contributed by atoms with Crippen LogP contribution < -0.4 is 70.0 Å². The molecule has 0 fully saturated rings. The van der Waals surface area contributed by atoms with Gasteiger partial charge in [0, 0.05) is 23.5 Å². The highest BCUT2D eigenvalue weighted by Crippen LogP contribution is 2.20. The molecule has 13 atom stereocenters. The van der Waals surface area contributed by atoms with E-state index >= 15 is 0 Å². The predicted molar refractivity (Wildman–Crippen MR) is 330 cm³/mol. The number of nitrogens with one attached hydrogen (secondary N) is 12. The van der Waals surface area contributed by atoms with Crippen molar-refractivity contribution < 1.29 is 92.7 Å². The number of aliphatic carboxylic acids is 2. The van der Waals surface area contributed by atoms with Crippen molar-refractivity contribution in [3.63, 3.8) is 0 Å². The van der Waals surface area contributed by atoms with E-state index in [1.165, 1.54) is 0 Å². The number of carboxylic acid groups (broad SMARTS) is 2. The van der Waals surface area contributed by atoms with Gasteiger partial charge in [-0.3, -0.25) is 62.3 Å². The van der Waals surface area contributed by atoms with Crippen LogP contribution in [-0.2, 0) is 73.5 Å². The van der Waals surface area contributed by atoms with Gasteiger partial charge in [0.05, 0.1) is 44.7 Å². The zero-order valence-corrected chi connectivity index (χ0v) is 53.7. The highest BCUT2D eigenvalue weighted by molar-refractivity contribution is 6.00. The van der Waals surface area contributed by atoms with E-state index in [1.807, 2.05) is 0 Å². The van der Waals surface area contributed by atoms with Crippen molar-refractivity contribution in [3.05, 3.63) is 36.0 Å². The van der Waals surface area contributed by atoms with Gasteiger partial charge in [0.2, 0.25) is 70.9 Å². The Morgan fingerprint density at radius 1 is 0.500 bits per heavy atom. The van der Waals surface area contributed by atoms with Gasteiger partial charge < -0.3 is 100 Å². The van der Waals surface area contributed by atoms with Crippen LogP contribution in [0.5, 0.6) is 0 Å². The van der Waals surface area contributed by atoms with Gasteiger partial charge in [0.1, 0.15) is 60.4 Å². The molecule has 2 aromatic rings. The standard InChI is InChI=1S/C59H94N14O19/c1-12-30(10)47(72-56(88)45(61)28(6)7)58(90)69-36(18-27(4)5)50(82)68-39(21-44(79)80)53(85)73-48(31(11)76)57(89)63-23-43(78)64-40(24-74)54(86)70-41(25-75)55(87)67-38(20-42(60)77)51(83)65-35(17-26(2)3)49(81)66-37(52(84)71-46(29(8)9)59(91)92)19-32-22-62-34-16-14-13-15-33(32)34/h13-16,22,26-31,35-41,45-48,62,74-76H,12,17-21,23-25,61H2,1-11H3,(H2,60,77)(H,63,89)(H,64,78)(H,65,83)(H,66,81)(H,67,87)(H,68,82)(H,69,90)(H,70,86)(H,71,84)(H,72,88)(H,73,85)(H,79,80)(H,91,92)/t30-,31+,35-,36-,37-,38-,39-,40-,41-,45-,46-,47-,48-/m0/s1. The van der Waals surface area contributed by atoms with Crippen LogP contribution in [0.1, 0.15) is 114 Å². The number of aromatic nitrogens is 1. The highest BCUT2D eigenvalue weighted by Gasteiger charge is 2.38. The van der Waals surface area contributed by atoms with Crippen molar-refractivity contribution in [3.8, 4) is 0 Å². The Morgan fingerprint density at radius 3 is 1.41 bits per heavy atom. The maximum Gasteiger partial charge on any atom is 0.326 e. The average molecular weight is 1300 g/mol. The molecule has 0 aliphatic heterocycles. The molecule has 12 amide bonds. The summed E-state index contributed by atoms with van der Waals surface area (Å²) in [4.78, 5) is 189. The van der Waals surface area contributed by atoms with Crippen molar-refractivity contribution in [1.29, 1.82) is 0 Å². The molecule has 0 aliphatic carbocycles. The number of fused-ring (bicyclic) bond motifs is 1. The van der Waals surface area contributed by atoms with Crippen molar-refractivity contribution in [1.82, 2.24) is 63.5 Å². The molecule has 1 heterocycles. The maximum absolute atomic E-state index is 14.1. The summed E-state index contributed by atoms with van der Waals surface area (Å²) in [6, 6.07) is -10.4. The number of H-pyrrole nitrogens is 1. The van der Waals surface area contributed by atoms with Crippen LogP contribution in [0, 0.1) is 29.6 Å². The van der Waals surface area contributed by atoms with Gasteiger partial charge in [-0.2, -0.15) is 0 Å². The number of nitrogens with two attached hydrogens (primary N) is 2. The van der Waals surface area contributed by atoms with E-state index < -0.39 is 200 Å². The zero-order chi connectivity index (χ0) is 70.0. The summed E-state index contributed by atoms with van der Waals surface area (Å²) in [7, 11) is 0. The van der Waals surface area contributed by atoms with Crippen molar-refractivity contribution in [2.75, 3.05) is 19.8 Å². The van der Waals surface area contributed by atoms with Gasteiger partial charge in [-0.05, 0) is 61.0 Å². The van der Waals surface area contributed by atoms with Gasteiger partial charge in [-0.1, -0.05) is 93.9 Å². The van der Waals surface area contributed by atoms with Crippen molar-refractivity contribution in [2.24, 2.45) is 41.1 Å². The number of amides is 12. The first-order valence-corrected chi connectivity index (χ1v) is 30.2. The number of aromatic amines is 1. The Kier molecular flexibility index (Phi) is 32.9. The first kappa shape index (κ1) is 79.3. The monoisotopic (exact) mass is 1300 g/mol. The maximum atomic E-state index is 14.1. The Hall–Kier alpha value is -8.82. The number of carbonyl (C=O) groups excluding carboxylic acids is 12. The lowest BCUT2D eigenvalue weighted by molar-refractivity contribution is -0.143. The first-order valence-electron chi connectivity index (χ1n) is 30.2. The molecule has 33 nitrogen and oxygen atoms in total. The Bertz CT molecular complexity index is 2920. The van der Waals surface area contributed by atoms with E-state index in [4.69, 9.17) is 11.5 Å². The molecule has 1 aromatic heterocycles. The van der Waals surface area contributed by atoms with Crippen LogP contribution in [0.4, 0.5) is 0 Å². The number of benzene rings is 1. The molecular formula is C59H94N14O19. The third-order valence-electron chi connectivity index (χ3n) is 14.6. The average Bonchev–Trinajstić information content (AvgIpc) is 1.66. The second kappa shape index (κ2) is 38.1. The van der Waals surface area contributed by atoms with E-state index in [0.29, 0.717) is 22.9 Å². The molecule has 0 radical (unpaired) electrons. The number of aliphatic hydroxyl groups excluding tert-OH is 3. The van der Waals surface area contributed by atoms with Crippen molar-refractivity contribution in [2.45, 2.75) is 187 Å². The SMILES string of the molecule is CC[C@H](C)[C@H](NC(=O)[C@@H](N)C(C)C)C(=O)N[C@@H](CC(C)C)C(=O)N[C@@H](CC(=O)O)C(=O)N[C@H](C(=O)NCC(=O)N[C@@H](CO)C(=O)N[C@@H](CO)C(=O)N[C@@H](CC(N)=O)C(=O)N[C@@H](CC(C)C)C(=O)N[C@@H](Cc1c[nH]c2ccccc12)C(=O)N[C@H](C(=O)O)C(C)C)[C@@H](C)O. The second-order valence-corrected chi connectivity index (χ2v) is 24.1. The molecule has 33 heteroatoms. The molecule has 0 saturated carbocycles. The number of rotatable bonds is 40. The lowest BCUT2D eigenvalue weighted by Crippen LogP contribution is -2.61. The number of primary amides is 1. The quantitative estimate of drug-likeness (QED) is 0.0298. The molecule has 92 heavy (non-hydrogen) atoms. The topological polar surface area (TPSA) is 540 Å². The van der Waals surface area contributed by atoms with E-state index in [-0.39, 0.29) is 37.0 Å². The van der Waals surface area contributed by atoms with Gasteiger partial charge in [0.25, 0.3) is 0 Å². The summed E-state index contributed by atoms with van der Waals surface area (Å²) < 4.78 is 0. The predicted octanol–water partition coefficient (Wildman–Crippen LogP) is -4.75. The molecule has 21 N–H and O–H groups in total. The first-order chi connectivity index (χ1) is 43.0. The van der Waals surface area contributed by atoms with Crippen LogP contribution in [-0.4, -0.2) is 206 Å². The Morgan fingerprint density at radius 2 is 0.935 bits per heavy atom. The summed E-state index contributed by atoms with van der Waals surface area (Å²) in [5, 5.41) is 76.6. The smallest absolute Gasteiger partial charge is 0.326 e. The minimum Gasteiger partial charge on any atom is -0.481 e. The number of para-hydroxylation sites is 1. The van der Waals surface area contributed by atoms with Crippen LogP contribution in [0.25, 0.3) is 10.9 Å². The van der Waals surface area contributed by atoms with E-state index in [0.717, 1.165) is 6.92 Å². The number of carbonyl (C=O) groups is 14. The number of aliphatic hydroxyl groups is 3. The third kappa shape index (κ3) is 25.8. The number of hydrogen-bond donors (Lipinski definition) is 19. The summed E-state index contributed by atoms with van der Waals surface area (Å²) in [6.45, 7) is 14.5. The van der Waals surface area contributed by atoms with E-state index in [2.05, 4.69) is 63.5 Å². The normalized spacial score (nSPS) is 15.6. The molecule has 514 valence electrons. The molecule has 2 rings (SSSR count). The summed E-state index contributed by atoms with van der Waals surface area (Å²) >= 11 is 0. The molecule has 0 spiro atoms. The van der Waals surface area contributed by atoms with Gasteiger partial charge in [-0.15, -0.1) is 0 Å². The summed E-state index contributed by atoms with van der Waals surface area (Å²) in [6.07, 6.45) is -1.98. The zero-order valence-electron chi connectivity index (χ0n) is 53.7. The second-order valence-electron chi connectivity index (χ2n) is 24.1. The lowest BCUT2D eigenvalue weighted by Gasteiger charge is -2.29.